The lowest BCUT2D eigenvalue weighted by Crippen LogP contribution is -2.04. The third kappa shape index (κ3) is 2.31. The Bertz CT molecular complexity index is 347. The van der Waals surface area contributed by atoms with Gasteiger partial charge in [0.25, 0.3) is 0 Å². The van der Waals surface area contributed by atoms with E-state index in [4.69, 9.17) is 9.15 Å². The van der Waals surface area contributed by atoms with Gasteiger partial charge in [-0.3, -0.25) is 0 Å². The van der Waals surface area contributed by atoms with Gasteiger partial charge in [0, 0.05) is 0 Å². The summed E-state index contributed by atoms with van der Waals surface area (Å²) in [4.78, 5) is 11.2. The highest BCUT2D eigenvalue weighted by molar-refractivity contribution is 7.99. The molecule has 1 aromatic rings. The lowest BCUT2D eigenvalue weighted by Gasteiger charge is -1.99. The number of carbonyl (C=O) groups excluding carboxylic acids is 1. The Morgan fingerprint density at radius 2 is 2.53 bits per heavy atom. The topological polar surface area (TPSA) is 65.2 Å². The zero-order valence-corrected chi connectivity index (χ0v) is 9.25. The Labute approximate surface area is 91.6 Å². The molecule has 6 heteroatoms. The molecule has 2 rings (SSSR count). The van der Waals surface area contributed by atoms with Crippen LogP contribution in [0.3, 0.4) is 0 Å². The van der Waals surface area contributed by atoms with E-state index in [0.717, 1.165) is 18.6 Å². The highest BCUT2D eigenvalue weighted by Gasteiger charge is 2.25. The molecular formula is C9H12N2O3S. The third-order valence-electron chi connectivity index (χ3n) is 2.10. The summed E-state index contributed by atoms with van der Waals surface area (Å²) in [6, 6.07) is 0. The van der Waals surface area contributed by atoms with Crippen LogP contribution in [0.1, 0.15) is 41.6 Å². The average molecular weight is 228 g/mol. The van der Waals surface area contributed by atoms with Crippen molar-refractivity contribution in [2.75, 3.05) is 12.4 Å². The predicted octanol–water partition coefficient (Wildman–Crippen LogP) is 1.81. The van der Waals surface area contributed by atoms with Crippen LogP contribution in [0.5, 0.6) is 0 Å². The molecule has 0 amide bonds. The number of hydrogen-bond acceptors (Lipinski definition) is 6. The number of hydrogen-bond donors (Lipinski definition) is 0. The van der Waals surface area contributed by atoms with Gasteiger partial charge >= 0.3 is 11.9 Å². The molecule has 1 atom stereocenters. The van der Waals surface area contributed by atoms with E-state index in [-0.39, 0.29) is 11.1 Å². The van der Waals surface area contributed by atoms with Crippen LogP contribution in [0, 0.1) is 0 Å². The van der Waals surface area contributed by atoms with E-state index in [1.807, 2.05) is 0 Å². The maximum absolute atomic E-state index is 11.2. The first-order chi connectivity index (χ1) is 7.31. The molecule has 1 unspecified atom stereocenters. The Kier molecular flexibility index (Phi) is 3.25. The van der Waals surface area contributed by atoms with Crippen LogP contribution in [-0.4, -0.2) is 28.5 Å². The molecule has 0 bridgehead atoms. The van der Waals surface area contributed by atoms with E-state index in [9.17, 15) is 4.79 Å². The van der Waals surface area contributed by atoms with Gasteiger partial charge in [0.05, 0.1) is 11.9 Å². The van der Waals surface area contributed by atoms with Crippen molar-refractivity contribution >= 4 is 17.7 Å². The van der Waals surface area contributed by atoms with Gasteiger partial charge in [0.15, 0.2) is 0 Å². The molecule has 0 aliphatic carbocycles. The van der Waals surface area contributed by atoms with E-state index in [1.165, 1.54) is 0 Å². The number of carbonyl (C=O) groups is 1. The van der Waals surface area contributed by atoms with Crippen LogP contribution >= 0.6 is 11.8 Å². The van der Waals surface area contributed by atoms with Crippen molar-refractivity contribution in [3.63, 3.8) is 0 Å². The molecule has 1 saturated heterocycles. The van der Waals surface area contributed by atoms with Crippen molar-refractivity contribution in [1.29, 1.82) is 0 Å². The summed E-state index contributed by atoms with van der Waals surface area (Å²) in [5, 5.41) is 7.79. The molecule has 0 aromatic carbocycles. The second kappa shape index (κ2) is 4.65. The first-order valence-electron chi connectivity index (χ1n) is 4.93. The highest BCUT2D eigenvalue weighted by Crippen LogP contribution is 2.38. The molecule has 0 saturated carbocycles. The summed E-state index contributed by atoms with van der Waals surface area (Å²) in [6.07, 6.45) is 2.20. The number of rotatable bonds is 3. The normalized spacial score (nSPS) is 20.5. The van der Waals surface area contributed by atoms with Crippen molar-refractivity contribution in [1.82, 2.24) is 10.2 Å². The third-order valence-corrected chi connectivity index (χ3v) is 3.46. The summed E-state index contributed by atoms with van der Waals surface area (Å²) in [7, 11) is 0. The van der Waals surface area contributed by atoms with E-state index in [1.54, 1.807) is 18.7 Å². The number of ether oxygens (including phenoxy) is 1. The second-order valence-corrected chi connectivity index (χ2v) is 4.48. The molecule has 82 valence electrons. The van der Waals surface area contributed by atoms with Crippen LogP contribution in [0.15, 0.2) is 4.42 Å². The van der Waals surface area contributed by atoms with Gasteiger partial charge in [-0.25, -0.2) is 4.79 Å². The molecule has 1 aliphatic heterocycles. The van der Waals surface area contributed by atoms with Crippen LogP contribution in [0.25, 0.3) is 0 Å². The lowest BCUT2D eigenvalue weighted by molar-refractivity contribution is 0.0478. The molecule has 1 aliphatic rings. The molecule has 5 nitrogen and oxygen atoms in total. The van der Waals surface area contributed by atoms with Crippen molar-refractivity contribution in [3.05, 3.63) is 11.8 Å². The SMILES string of the molecule is CCOC(=O)c1nnc(C2CCCS2)o1. The fourth-order valence-electron chi connectivity index (χ4n) is 1.41. The number of thioether (sulfide) groups is 1. The van der Waals surface area contributed by atoms with Gasteiger partial charge < -0.3 is 9.15 Å². The van der Waals surface area contributed by atoms with E-state index in [0.29, 0.717) is 12.5 Å². The van der Waals surface area contributed by atoms with Crippen LogP contribution in [0.2, 0.25) is 0 Å². The van der Waals surface area contributed by atoms with Crippen molar-refractivity contribution in [2.45, 2.75) is 25.0 Å². The van der Waals surface area contributed by atoms with Gasteiger partial charge in [0.2, 0.25) is 5.89 Å². The van der Waals surface area contributed by atoms with E-state index >= 15 is 0 Å². The Hall–Kier alpha value is -1.04. The molecule has 1 fully saturated rings. The average Bonchev–Trinajstić information content (AvgIpc) is 2.89. The Balaban J connectivity index is 2.06. The Morgan fingerprint density at radius 1 is 1.67 bits per heavy atom. The summed E-state index contributed by atoms with van der Waals surface area (Å²) < 4.78 is 10.0. The van der Waals surface area contributed by atoms with Gasteiger partial charge in [-0.1, -0.05) is 0 Å². The Morgan fingerprint density at radius 3 is 3.20 bits per heavy atom. The lowest BCUT2D eigenvalue weighted by atomic mass is 10.2. The quantitative estimate of drug-likeness (QED) is 0.735. The largest absolute Gasteiger partial charge is 0.459 e. The van der Waals surface area contributed by atoms with Crippen LogP contribution < -0.4 is 0 Å². The van der Waals surface area contributed by atoms with Crippen molar-refractivity contribution in [2.24, 2.45) is 0 Å². The van der Waals surface area contributed by atoms with Gasteiger partial charge in [0.1, 0.15) is 0 Å². The maximum atomic E-state index is 11.2. The standard InChI is InChI=1S/C9H12N2O3S/c1-2-13-9(12)8-11-10-7(14-8)6-4-3-5-15-6/h6H,2-5H2,1H3. The second-order valence-electron chi connectivity index (χ2n) is 3.17. The van der Waals surface area contributed by atoms with E-state index in [2.05, 4.69) is 10.2 Å². The van der Waals surface area contributed by atoms with Gasteiger partial charge in [-0.2, -0.15) is 0 Å². The highest BCUT2D eigenvalue weighted by atomic mass is 32.2. The minimum atomic E-state index is -0.542. The first kappa shape index (κ1) is 10.5. The smallest absolute Gasteiger partial charge is 0.396 e. The predicted molar refractivity (Wildman–Crippen MR) is 54.7 cm³/mol. The molecule has 0 N–H and O–H groups in total. The summed E-state index contributed by atoms with van der Waals surface area (Å²) in [5.74, 6) is 1.07. The number of aromatic nitrogens is 2. The molecule has 15 heavy (non-hydrogen) atoms. The fourth-order valence-corrected chi connectivity index (χ4v) is 2.60. The van der Waals surface area contributed by atoms with Crippen molar-refractivity contribution in [3.8, 4) is 0 Å². The monoisotopic (exact) mass is 228 g/mol. The fraction of sp³-hybridized carbons (Fsp3) is 0.667. The molecular weight excluding hydrogens is 216 g/mol. The molecule has 0 radical (unpaired) electrons. The molecule has 2 heterocycles. The summed E-state index contributed by atoms with van der Waals surface area (Å²) in [5.41, 5.74) is 0. The molecule has 0 spiro atoms. The molecule has 1 aromatic heterocycles. The van der Waals surface area contributed by atoms with Gasteiger partial charge in [-0.15, -0.1) is 22.0 Å². The number of esters is 1. The zero-order valence-electron chi connectivity index (χ0n) is 8.43. The van der Waals surface area contributed by atoms with Gasteiger partial charge in [-0.05, 0) is 25.5 Å². The maximum Gasteiger partial charge on any atom is 0.396 e. The minimum absolute atomic E-state index is 0.0423. The first-order valence-corrected chi connectivity index (χ1v) is 5.98. The summed E-state index contributed by atoms with van der Waals surface area (Å²) >= 11 is 1.79. The number of nitrogens with zero attached hydrogens (tertiary/aromatic N) is 2. The van der Waals surface area contributed by atoms with E-state index < -0.39 is 5.97 Å². The zero-order chi connectivity index (χ0) is 10.7. The van der Waals surface area contributed by atoms with Crippen LogP contribution in [0.4, 0.5) is 0 Å². The summed E-state index contributed by atoms with van der Waals surface area (Å²) in [6.45, 7) is 2.05. The van der Waals surface area contributed by atoms with Crippen molar-refractivity contribution < 1.29 is 13.9 Å². The van der Waals surface area contributed by atoms with Crippen LogP contribution in [-0.2, 0) is 4.74 Å². The minimum Gasteiger partial charge on any atom is -0.459 e.